The number of aromatic hydroxyl groups is 1. The fraction of sp³-hybridized carbons (Fsp3) is 0.308. The van der Waals surface area contributed by atoms with Gasteiger partial charge in [0, 0.05) is 12.7 Å². The van der Waals surface area contributed by atoms with E-state index in [1.54, 1.807) is 23.1 Å². The number of carbonyl (C=O) groups excluding carboxylic acids is 2. The minimum Gasteiger partial charge on any atom is -0.508 e. The Morgan fingerprint density at radius 2 is 1.72 bits per heavy atom. The minimum atomic E-state index is -4.84. The number of benzene rings is 2. The number of carbonyl (C=O) groups is 2. The molecular weight excluding hydrogens is 479 g/mol. The van der Waals surface area contributed by atoms with Crippen LogP contribution in [0.3, 0.4) is 0 Å². The van der Waals surface area contributed by atoms with Crippen molar-refractivity contribution < 1.29 is 42.1 Å². The van der Waals surface area contributed by atoms with Crippen LogP contribution in [0.2, 0.25) is 0 Å². The Kier molecular flexibility index (Phi) is 6.96. The zero-order chi connectivity index (χ0) is 26.0. The van der Waals surface area contributed by atoms with Crippen LogP contribution in [0.5, 0.6) is 11.5 Å². The first-order valence-electron chi connectivity index (χ1n) is 11.1. The molecule has 1 atom stereocenters. The summed E-state index contributed by atoms with van der Waals surface area (Å²) in [6.45, 7) is 0.0836. The van der Waals surface area contributed by atoms with Gasteiger partial charge in [-0.2, -0.15) is 0 Å². The summed E-state index contributed by atoms with van der Waals surface area (Å²) in [5.74, 6) is -1.74. The van der Waals surface area contributed by atoms with E-state index in [9.17, 15) is 27.9 Å². The lowest BCUT2D eigenvalue weighted by Crippen LogP contribution is -2.29. The first kappa shape index (κ1) is 25.2. The topological polar surface area (TPSA) is 85.3 Å². The summed E-state index contributed by atoms with van der Waals surface area (Å²) in [5, 5.41) is 10.2. The molecule has 1 N–H and O–H groups in total. The lowest BCUT2D eigenvalue weighted by atomic mass is 9.90. The van der Waals surface area contributed by atoms with Crippen molar-refractivity contribution in [1.29, 1.82) is 0 Å². The molecule has 0 radical (unpaired) electrons. The molecule has 2 aromatic rings. The van der Waals surface area contributed by atoms with Crippen molar-refractivity contribution in [2.75, 3.05) is 14.2 Å². The smallest absolute Gasteiger partial charge is 0.508 e. The van der Waals surface area contributed by atoms with E-state index in [0.29, 0.717) is 16.7 Å². The van der Waals surface area contributed by atoms with Gasteiger partial charge in [0.25, 0.3) is 0 Å². The highest BCUT2D eigenvalue weighted by molar-refractivity contribution is 6.10. The summed E-state index contributed by atoms with van der Waals surface area (Å²) in [5.41, 5.74) is 1.68. The number of hydrogen-bond acceptors (Lipinski definition) is 7. The summed E-state index contributed by atoms with van der Waals surface area (Å²) < 4.78 is 52.2. The maximum absolute atomic E-state index is 12.8. The lowest BCUT2D eigenvalue weighted by molar-refractivity contribution is -0.274. The third-order valence-electron chi connectivity index (χ3n) is 6.01. The minimum absolute atomic E-state index is 0.0192. The quantitative estimate of drug-likeness (QED) is 0.563. The largest absolute Gasteiger partial charge is 0.573 e. The molecule has 1 saturated carbocycles. The molecule has 1 unspecified atom stereocenters. The van der Waals surface area contributed by atoms with Gasteiger partial charge in [0.05, 0.1) is 31.4 Å². The molecule has 1 fully saturated rings. The number of phenolic OH excluding ortho intramolecular Hbond substituents is 1. The van der Waals surface area contributed by atoms with Crippen LogP contribution in [0.15, 0.2) is 59.8 Å². The summed E-state index contributed by atoms with van der Waals surface area (Å²) >= 11 is 0. The van der Waals surface area contributed by atoms with Gasteiger partial charge in [-0.05, 0) is 65.8 Å². The molecule has 7 nitrogen and oxygen atoms in total. The van der Waals surface area contributed by atoms with E-state index in [0.717, 1.165) is 12.8 Å². The van der Waals surface area contributed by atoms with Gasteiger partial charge in [0.2, 0.25) is 0 Å². The SMILES string of the molecule is COC(=O)C1=Cc2ccc(O)cc2C(C2CC2)N(Cc2cccc(OC(F)(F)F)c2)C=C1C(=O)OC. The van der Waals surface area contributed by atoms with Gasteiger partial charge < -0.3 is 24.2 Å². The summed E-state index contributed by atoms with van der Waals surface area (Å²) in [6.07, 6.45) is -0.0923. The normalized spacial score (nSPS) is 17.7. The van der Waals surface area contributed by atoms with Gasteiger partial charge in [-0.3, -0.25) is 0 Å². The van der Waals surface area contributed by atoms with Crippen molar-refractivity contribution in [3.63, 3.8) is 0 Å². The van der Waals surface area contributed by atoms with E-state index in [1.165, 1.54) is 50.8 Å². The van der Waals surface area contributed by atoms with E-state index in [1.807, 2.05) is 0 Å². The second-order valence-electron chi connectivity index (χ2n) is 8.55. The predicted molar refractivity (Wildman–Crippen MR) is 122 cm³/mol. The molecule has 2 aliphatic rings. The maximum Gasteiger partial charge on any atom is 0.573 e. The molecule has 1 heterocycles. The molecule has 0 spiro atoms. The van der Waals surface area contributed by atoms with Gasteiger partial charge in [-0.1, -0.05) is 18.2 Å². The average Bonchev–Trinajstić information content (AvgIpc) is 3.64. The first-order valence-corrected chi connectivity index (χ1v) is 11.1. The number of ether oxygens (including phenoxy) is 3. The number of nitrogens with zero attached hydrogens (tertiary/aromatic N) is 1. The zero-order valence-corrected chi connectivity index (χ0v) is 19.5. The second-order valence-corrected chi connectivity index (χ2v) is 8.55. The van der Waals surface area contributed by atoms with E-state index in [2.05, 4.69) is 4.74 Å². The van der Waals surface area contributed by atoms with E-state index in [4.69, 9.17) is 9.47 Å². The zero-order valence-electron chi connectivity index (χ0n) is 19.5. The number of hydrogen-bond donors (Lipinski definition) is 1. The molecule has 0 aromatic heterocycles. The van der Waals surface area contributed by atoms with Crippen LogP contribution in [0.1, 0.15) is 35.6 Å². The van der Waals surface area contributed by atoms with E-state index < -0.39 is 18.3 Å². The van der Waals surface area contributed by atoms with Crippen molar-refractivity contribution in [3.8, 4) is 11.5 Å². The Morgan fingerprint density at radius 3 is 2.36 bits per heavy atom. The van der Waals surface area contributed by atoms with Crippen molar-refractivity contribution in [2.45, 2.75) is 31.8 Å². The third-order valence-corrected chi connectivity index (χ3v) is 6.01. The molecule has 1 aliphatic heterocycles. The highest BCUT2D eigenvalue weighted by Gasteiger charge is 2.39. The molecule has 190 valence electrons. The van der Waals surface area contributed by atoms with Crippen molar-refractivity contribution in [2.24, 2.45) is 5.92 Å². The highest BCUT2D eigenvalue weighted by Crippen LogP contribution is 2.48. The Morgan fingerprint density at radius 1 is 1.03 bits per heavy atom. The molecule has 0 bridgehead atoms. The van der Waals surface area contributed by atoms with Gasteiger partial charge in [-0.15, -0.1) is 13.2 Å². The van der Waals surface area contributed by atoms with Gasteiger partial charge in [0.1, 0.15) is 11.5 Å². The lowest BCUT2D eigenvalue weighted by Gasteiger charge is -2.34. The fourth-order valence-electron chi connectivity index (χ4n) is 4.36. The summed E-state index contributed by atoms with van der Waals surface area (Å²) in [7, 11) is 2.37. The molecular formula is C26H24F3NO6. The monoisotopic (exact) mass is 503 g/mol. The van der Waals surface area contributed by atoms with Crippen LogP contribution in [0.25, 0.3) is 6.08 Å². The number of rotatable bonds is 6. The molecule has 1 aliphatic carbocycles. The summed E-state index contributed by atoms with van der Waals surface area (Å²) in [4.78, 5) is 27.2. The Bertz CT molecular complexity index is 1230. The molecule has 0 saturated heterocycles. The highest BCUT2D eigenvalue weighted by atomic mass is 19.4. The van der Waals surface area contributed by atoms with Crippen LogP contribution >= 0.6 is 0 Å². The number of halogens is 3. The summed E-state index contributed by atoms with van der Waals surface area (Å²) in [6, 6.07) is 9.91. The van der Waals surface area contributed by atoms with Gasteiger partial charge in [-0.25, -0.2) is 9.59 Å². The fourth-order valence-corrected chi connectivity index (χ4v) is 4.36. The van der Waals surface area contributed by atoms with Crippen LogP contribution in [0, 0.1) is 5.92 Å². The number of methoxy groups -OCH3 is 2. The van der Waals surface area contributed by atoms with Gasteiger partial charge in [0.15, 0.2) is 0 Å². The van der Waals surface area contributed by atoms with Crippen LogP contribution in [-0.2, 0) is 25.6 Å². The number of esters is 2. The Balaban J connectivity index is 1.87. The van der Waals surface area contributed by atoms with Crippen molar-refractivity contribution in [3.05, 3.63) is 76.5 Å². The molecule has 36 heavy (non-hydrogen) atoms. The Hall–Kier alpha value is -3.95. The number of fused-ring (bicyclic) bond motifs is 1. The number of phenols is 1. The molecule has 10 heteroatoms. The first-order chi connectivity index (χ1) is 17.1. The average molecular weight is 503 g/mol. The van der Waals surface area contributed by atoms with Gasteiger partial charge >= 0.3 is 18.3 Å². The van der Waals surface area contributed by atoms with E-state index in [-0.39, 0.29) is 41.1 Å². The third kappa shape index (κ3) is 5.64. The van der Waals surface area contributed by atoms with Crippen molar-refractivity contribution >= 4 is 18.0 Å². The second kappa shape index (κ2) is 9.96. The molecule has 2 aromatic carbocycles. The molecule has 0 amide bonds. The van der Waals surface area contributed by atoms with Crippen LogP contribution in [-0.4, -0.2) is 42.5 Å². The van der Waals surface area contributed by atoms with E-state index >= 15 is 0 Å². The molecule has 4 rings (SSSR count). The Labute approximate surface area is 205 Å². The number of alkyl halides is 3. The standard InChI is InChI=1S/C26H24F3NO6/c1-34-24(32)21-11-17-8-9-18(31)12-20(17)23(16-6-7-16)30(14-22(21)25(33)35-2)13-15-4-3-5-19(10-15)36-26(27,28)29/h3-5,8-12,14,16,23,31H,6-7,13H2,1-2H3. The maximum atomic E-state index is 12.8. The predicted octanol–water partition coefficient (Wildman–Crippen LogP) is 4.87. The van der Waals surface area contributed by atoms with Crippen LogP contribution in [0.4, 0.5) is 13.2 Å². The van der Waals surface area contributed by atoms with Crippen LogP contribution < -0.4 is 4.74 Å². The van der Waals surface area contributed by atoms with Crippen molar-refractivity contribution in [1.82, 2.24) is 4.90 Å².